The van der Waals surface area contributed by atoms with Crippen LogP contribution in [-0.4, -0.2) is 45.1 Å². The molecule has 0 radical (unpaired) electrons. The van der Waals surface area contributed by atoms with Crippen molar-refractivity contribution in [3.63, 3.8) is 0 Å². The molecule has 0 N–H and O–H groups in total. The van der Waals surface area contributed by atoms with Crippen molar-refractivity contribution in [1.82, 2.24) is 0 Å². The van der Waals surface area contributed by atoms with E-state index in [1.807, 2.05) is 0 Å². The first-order valence-corrected chi connectivity index (χ1v) is 7.17. The SMILES string of the molecule is CCOC(=O)CS(=O)(=O)CC(C)C(=O)OCC. The monoisotopic (exact) mass is 266 g/mol. The molecule has 0 heterocycles. The Balaban J connectivity index is 4.35. The van der Waals surface area contributed by atoms with Gasteiger partial charge in [-0.2, -0.15) is 0 Å². The van der Waals surface area contributed by atoms with Crippen LogP contribution in [0.3, 0.4) is 0 Å². The highest BCUT2D eigenvalue weighted by Crippen LogP contribution is 2.05. The maximum absolute atomic E-state index is 11.5. The third-order valence-electron chi connectivity index (χ3n) is 1.84. The highest BCUT2D eigenvalue weighted by Gasteiger charge is 2.25. The van der Waals surface area contributed by atoms with E-state index in [1.54, 1.807) is 13.8 Å². The third kappa shape index (κ3) is 6.93. The van der Waals surface area contributed by atoms with Gasteiger partial charge in [0, 0.05) is 0 Å². The molecule has 0 amide bonds. The quantitative estimate of drug-likeness (QED) is 0.610. The van der Waals surface area contributed by atoms with Gasteiger partial charge in [0.2, 0.25) is 0 Å². The molecule has 0 saturated heterocycles. The molecular formula is C10H18O6S. The highest BCUT2D eigenvalue weighted by atomic mass is 32.2. The summed E-state index contributed by atoms with van der Waals surface area (Å²) in [5.74, 6) is -3.28. The Morgan fingerprint density at radius 1 is 1.12 bits per heavy atom. The van der Waals surface area contributed by atoms with Gasteiger partial charge in [0.1, 0.15) is 5.75 Å². The van der Waals surface area contributed by atoms with Crippen LogP contribution in [0.2, 0.25) is 0 Å². The van der Waals surface area contributed by atoms with E-state index in [0.29, 0.717) is 0 Å². The molecule has 6 nitrogen and oxygen atoms in total. The molecule has 1 unspecified atom stereocenters. The van der Waals surface area contributed by atoms with Gasteiger partial charge in [-0.1, -0.05) is 6.92 Å². The molecule has 0 fully saturated rings. The predicted molar refractivity (Wildman–Crippen MR) is 61.1 cm³/mol. The molecule has 0 aliphatic heterocycles. The lowest BCUT2D eigenvalue weighted by Crippen LogP contribution is -2.28. The van der Waals surface area contributed by atoms with Crippen LogP contribution in [0.4, 0.5) is 0 Å². The normalized spacial score (nSPS) is 12.9. The van der Waals surface area contributed by atoms with E-state index in [2.05, 4.69) is 9.47 Å². The standard InChI is InChI=1S/C10H18O6S/c1-4-15-9(11)7-17(13,14)6-8(3)10(12)16-5-2/h8H,4-7H2,1-3H3. The average molecular weight is 266 g/mol. The van der Waals surface area contributed by atoms with Crippen molar-refractivity contribution in [2.75, 3.05) is 24.7 Å². The van der Waals surface area contributed by atoms with Gasteiger partial charge in [0.15, 0.2) is 9.84 Å². The number of rotatable bonds is 7. The third-order valence-corrected chi connectivity index (χ3v) is 3.52. The van der Waals surface area contributed by atoms with Crippen LogP contribution < -0.4 is 0 Å². The molecule has 100 valence electrons. The number of esters is 2. The van der Waals surface area contributed by atoms with Gasteiger partial charge in [-0.15, -0.1) is 0 Å². The van der Waals surface area contributed by atoms with E-state index in [9.17, 15) is 18.0 Å². The zero-order valence-corrected chi connectivity index (χ0v) is 11.1. The van der Waals surface area contributed by atoms with Crippen LogP contribution in [0.15, 0.2) is 0 Å². The summed E-state index contributed by atoms with van der Waals surface area (Å²) in [6.45, 7) is 4.99. The largest absolute Gasteiger partial charge is 0.466 e. The lowest BCUT2D eigenvalue weighted by molar-refractivity contribution is -0.146. The van der Waals surface area contributed by atoms with Gasteiger partial charge in [0.05, 0.1) is 24.9 Å². The highest BCUT2D eigenvalue weighted by molar-refractivity contribution is 7.92. The lowest BCUT2D eigenvalue weighted by atomic mass is 10.2. The number of carbonyl (C=O) groups excluding carboxylic acids is 2. The van der Waals surface area contributed by atoms with Crippen LogP contribution in [-0.2, 0) is 28.9 Å². The fourth-order valence-electron chi connectivity index (χ4n) is 1.17. The molecule has 1 atom stereocenters. The Morgan fingerprint density at radius 3 is 2.12 bits per heavy atom. The second-order valence-electron chi connectivity index (χ2n) is 3.51. The van der Waals surface area contributed by atoms with Crippen molar-refractivity contribution in [3.05, 3.63) is 0 Å². The Bertz CT molecular complexity index is 359. The molecular weight excluding hydrogens is 248 g/mol. The summed E-state index contributed by atoms with van der Waals surface area (Å²) in [7, 11) is -3.64. The van der Waals surface area contributed by atoms with E-state index in [1.165, 1.54) is 6.92 Å². The molecule has 0 aliphatic carbocycles. The van der Waals surface area contributed by atoms with Crippen molar-refractivity contribution in [2.24, 2.45) is 5.92 Å². The summed E-state index contributed by atoms with van der Waals surface area (Å²) in [4.78, 5) is 22.2. The molecule has 0 saturated carbocycles. The molecule has 0 bridgehead atoms. The molecule has 0 aromatic carbocycles. The fraction of sp³-hybridized carbons (Fsp3) is 0.800. The van der Waals surface area contributed by atoms with E-state index >= 15 is 0 Å². The lowest BCUT2D eigenvalue weighted by Gasteiger charge is -2.10. The Kier molecular flexibility index (Phi) is 6.79. The summed E-state index contributed by atoms with van der Waals surface area (Å²) in [6, 6.07) is 0. The first kappa shape index (κ1) is 15.9. The summed E-state index contributed by atoms with van der Waals surface area (Å²) < 4.78 is 32.3. The molecule has 0 aliphatic rings. The van der Waals surface area contributed by atoms with Crippen molar-refractivity contribution in [3.8, 4) is 0 Å². The smallest absolute Gasteiger partial charge is 0.321 e. The van der Waals surface area contributed by atoms with E-state index in [0.717, 1.165) is 0 Å². The van der Waals surface area contributed by atoms with Gasteiger partial charge in [-0.25, -0.2) is 8.42 Å². The second-order valence-corrected chi connectivity index (χ2v) is 5.62. The molecule has 0 rings (SSSR count). The number of hydrogen-bond donors (Lipinski definition) is 0. The number of sulfone groups is 1. The number of ether oxygens (including phenoxy) is 2. The van der Waals surface area contributed by atoms with Crippen molar-refractivity contribution >= 4 is 21.8 Å². The number of carbonyl (C=O) groups is 2. The topological polar surface area (TPSA) is 86.7 Å². The van der Waals surface area contributed by atoms with Gasteiger partial charge in [0.25, 0.3) is 0 Å². The van der Waals surface area contributed by atoms with Crippen LogP contribution in [0.25, 0.3) is 0 Å². The maximum atomic E-state index is 11.5. The van der Waals surface area contributed by atoms with Crippen molar-refractivity contribution < 1.29 is 27.5 Å². The molecule has 0 aromatic heterocycles. The minimum atomic E-state index is -3.64. The zero-order chi connectivity index (χ0) is 13.5. The molecule has 0 aromatic rings. The van der Waals surface area contributed by atoms with E-state index in [4.69, 9.17) is 0 Å². The zero-order valence-electron chi connectivity index (χ0n) is 10.3. The Morgan fingerprint density at radius 2 is 1.65 bits per heavy atom. The van der Waals surface area contributed by atoms with Crippen molar-refractivity contribution in [2.45, 2.75) is 20.8 Å². The van der Waals surface area contributed by atoms with Gasteiger partial charge >= 0.3 is 11.9 Å². The summed E-state index contributed by atoms with van der Waals surface area (Å²) >= 11 is 0. The Hall–Kier alpha value is -1.11. The fourth-order valence-corrected chi connectivity index (χ4v) is 2.63. The minimum absolute atomic E-state index is 0.127. The van der Waals surface area contributed by atoms with Gasteiger partial charge in [-0.05, 0) is 13.8 Å². The molecule has 0 spiro atoms. The molecule has 17 heavy (non-hydrogen) atoms. The maximum Gasteiger partial charge on any atom is 0.321 e. The van der Waals surface area contributed by atoms with Crippen molar-refractivity contribution in [1.29, 1.82) is 0 Å². The summed E-state index contributed by atoms with van der Waals surface area (Å²) in [6.07, 6.45) is 0. The average Bonchev–Trinajstić information content (AvgIpc) is 2.16. The van der Waals surface area contributed by atoms with Gasteiger partial charge < -0.3 is 9.47 Å². The van der Waals surface area contributed by atoms with E-state index < -0.39 is 39.2 Å². The van der Waals surface area contributed by atoms with Crippen LogP contribution in [0.1, 0.15) is 20.8 Å². The van der Waals surface area contributed by atoms with E-state index in [-0.39, 0.29) is 13.2 Å². The summed E-state index contributed by atoms with van der Waals surface area (Å²) in [5, 5.41) is 0. The van der Waals surface area contributed by atoms with Crippen LogP contribution in [0.5, 0.6) is 0 Å². The van der Waals surface area contributed by atoms with Gasteiger partial charge in [-0.3, -0.25) is 9.59 Å². The first-order chi connectivity index (χ1) is 7.82. The second kappa shape index (κ2) is 7.26. The van der Waals surface area contributed by atoms with Crippen LogP contribution in [0, 0.1) is 5.92 Å². The summed E-state index contributed by atoms with van der Waals surface area (Å²) in [5.41, 5.74) is 0. The Labute approximate surface area is 101 Å². The number of hydrogen-bond acceptors (Lipinski definition) is 6. The minimum Gasteiger partial charge on any atom is -0.466 e. The molecule has 7 heteroatoms. The first-order valence-electron chi connectivity index (χ1n) is 5.35. The predicted octanol–water partition coefficient (Wildman–Crippen LogP) is 0.163. The van der Waals surface area contributed by atoms with Crippen LogP contribution >= 0.6 is 0 Å².